The zero-order valence-corrected chi connectivity index (χ0v) is 16.8. The maximum atomic E-state index is 13.3. The predicted octanol–water partition coefficient (Wildman–Crippen LogP) is 1.98. The van der Waals surface area contributed by atoms with Gasteiger partial charge in [0, 0.05) is 13.1 Å². The predicted molar refractivity (Wildman–Crippen MR) is 110 cm³/mol. The number of unbranched alkanes of at least 4 members (excludes halogenated alkanes) is 1. The van der Waals surface area contributed by atoms with Crippen LogP contribution in [0.5, 0.6) is 0 Å². The number of aryl methyl sites for hydroxylation is 2. The number of aliphatic hydroxyl groups is 1. The highest BCUT2D eigenvalue weighted by atomic mass is 16.3. The molecule has 0 saturated carbocycles. The van der Waals surface area contributed by atoms with Crippen molar-refractivity contribution in [1.29, 1.82) is 5.26 Å². The van der Waals surface area contributed by atoms with E-state index in [4.69, 9.17) is 0 Å². The van der Waals surface area contributed by atoms with Crippen molar-refractivity contribution < 1.29 is 5.11 Å². The Kier molecular flexibility index (Phi) is 6.29. The second-order valence-corrected chi connectivity index (χ2v) is 6.96. The van der Waals surface area contributed by atoms with Crippen LogP contribution in [0.4, 0.5) is 0 Å². The molecular weight excluding hydrogens is 370 g/mol. The van der Waals surface area contributed by atoms with Crippen LogP contribution < -0.4 is 11.2 Å². The molecule has 0 saturated heterocycles. The van der Waals surface area contributed by atoms with Crippen LogP contribution in [-0.4, -0.2) is 23.8 Å². The second kappa shape index (κ2) is 8.88. The first-order chi connectivity index (χ1) is 14.1. The quantitative estimate of drug-likeness (QED) is 0.628. The molecule has 0 radical (unpaired) electrons. The molecule has 0 aliphatic rings. The number of rotatable bonds is 8. The smallest absolute Gasteiger partial charge is 0.333 e. The van der Waals surface area contributed by atoms with Crippen LogP contribution in [0.15, 0.2) is 33.9 Å². The van der Waals surface area contributed by atoms with E-state index in [9.17, 15) is 20.0 Å². The molecule has 1 aromatic carbocycles. The molecule has 8 heteroatoms. The van der Waals surface area contributed by atoms with E-state index in [-0.39, 0.29) is 13.2 Å². The molecule has 3 rings (SSSR count). The lowest BCUT2D eigenvalue weighted by molar-refractivity contribution is 0.265. The van der Waals surface area contributed by atoms with Gasteiger partial charge in [-0.1, -0.05) is 38.5 Å². The van der Waals surface area contributed by atoms with Crippen molar-refractivity contribution >= 4 is 11.2 Å². The van der Waals surface area contributed by atoms with Gasteiger partial charge in [-0.05, 0) is 24.5 Å². The number of aromatic nitrogens is 4. The fraction of sp³-hybridized carbons (Fsp3) is 0.429. The molecule has 3 aromatic rings. The first-order valence-corrected chi connectivity index (χ1v) is 9.88. The highest BCUT2D eigenvalue weighted by Gasteiger charge is 2.21. The summed E-state index contributed by atoms with van der Waals surface area (Å²) in [5.41, 5.74) is 0.772. The summed E-state index contributed by atoms with van der Waals surface area (Å²) < 4.78 is 4.38. The molecule has 29 heavy (non-hydrogen) atoms. The normalized spacial score (nSPS) is 11.1. The van der Waals surface area contributed by atoms with Crippen LogP contribution in [0.2, 0.25) is 0 Å². The molecule has 2 aromatic heterocycles. The summed E-state index contributed by atoms with van der Waals surface area (Å²) in [5, 5.41) is 19.1. The number of hydrogen-bond donors (Lipinski definition) is 1. The SMILES string of the molecule is CCCCn1c(=O)n(Cc2ccccc2C#N)c(=O)c2c1nc(CO)n2CCC. The van der Waals surface area contributed by atoms with E-state index in [1.165, 1.54) is 9.13 Å². The Balaban J connectivity index is 2.32. The molecule has 0 atom stereocenters. The highest BCUT2D eigenvalue weighted by molar-refractivity contribution is 5.71. The van der Waals surface area contributed by atoms with Gasteiger partial charge < -0.3 is 9.67 Å². The maximum Gasteiger partial charge on any atom is 0.333 e. The average Bonchev–Trinajstić information content (AvgIpc) is 3.10. The van der Waals surface area contributed by atoms with Crippen molar-refractivity contribution in [2.24, 2.45) is 0 Å². The fourth-order valence-corrected chi connectivity index (χ4v) is 3.52. The van der Waals surface area contributed by atoms with Crippen LogP contribution in [0.1, 0.15) is 50.1 Å². The summed E-state index contributed by atoms with van der Waals surface area (Å²) >= 11 is 0. The zero-order chi connectivity index (χ0) is 21.0. The third-order valence-electron chi connectivity index (χ3n) is 4.98. The first kappa shape index (κ1) is 20.6. The zero-order valence-electron chi connectivity index (χ0n) is 16.8. The van der Waals surface area contributed by atoms with Gasteiger partial charge in [0.15, 0.2) is 11.2 Å². The Morgan fingerprint density at radius 2 is 1.83 bits per heavy atom. The van der Waals surface area contributed by atoms with E-state index in [0.29, 0.717) is 41.2 Å². The number of hydrogen-bond acceptors (Lipinski definition) is 5. The lowest BCUT2D eigenvalue weighted by Crippen LogP contribution is -2.41. The van der Waals surface area contributed by atoms with Gasteiger partial charge >= 0.3 is 5.69 Å². The minimum Gasteiger partial charge on any atom is -0.388 e. The fourth-order valence-electron chi connectivity index (χ4n) is 3.52. The highest BCUT2D eigenvalue weighted by Crippen LogP contribution is 2.15. The van der Waals surface area contributed by atoms with E-state index in [2.05, 4.69) is 11.1 Å². The average molecular weight is 395 g/mol. The molecule has 0 aliphatic carbocycles. The molecule has 0 spiro atoms. The number of nitrogens with zero attached hydrogens (tertiary/aromatic N) is 5. The van der Waals surface area contributed by atoms with Gasteiger partial charge in [0.1, 0.15) is 12.4 Å². The van der Waals surface area contributed by atoms with E-state index >= 15 is 0 Å². The van der Waals surface area contributed by atoms with E-state index in [1.54, 1.807) is 28.8 Å². The van der Waals surface area contributed by atoms with E-state index in [0.717, 1.165) is 19.3 Å². The Morgan fingerprint density at radius 1 is 1.07 bits per heavy atom. The molecule has 0 amide bonds. The third-order valence-corrected chi connectivity index (χ3v) is 4.98. The number of nitriles is 1. The van der Waals surface area contributed by atoms with Crippen LogP contribution in [-0.2, 0) is 26.2 Å². The van der Waals surface area contributed by atoms with Crippen LogP contribution >= 0.6 is 0 Å². The molecule has 0 fully saturated rings. The van der Waals surface area contributed by atoms with Crippen LogP contribution in [0.3, 0.4) is 0 Å². The first-order valence-electron chi connectivity index (χ1n) is 9.88. The van der Waals surface area contributed by atoms with E-state index < -0.39 is 11.2 Å². The summed E-state index contributed by atoms with van der Waals surface area (Å²) in [7, 11) is 0. The van der Waals surface area contributed by atoms with Gasteiger partial charge in [-0.3, -0.25) is 13.9 Å². The minimum absolute atomic E-state index is 0.00916. The van der Waals surface area contributed by atoms with Gasteiger partial charge in [0.2, 0.25) is 0 Å². The summed E-state index contributed by atoms with van der Waals surface area (Å²) in [6.07, 6.45) is 2.40. The molecule has 0 unspecified atom stereocenters. The molecule has 152 valence electrons. The molecule has 2 heterocycles. The van der Waals surface area contributed by atoms with Crippen molar-refractivity contribution in [3.05, 3.63) is 62.1 Å². The molecule has 0 bridgehead atoms. The topological polar surface area (TPSA) is 106 Å². The molecular formula is C21H25N5O3. The third kappa shape index (κ3) is 3.74. The van der Waals surface area contributed by atoms with Crippen molar-refractivity contribution in [3.63, 3.8) is 0 Å². The Bertz CT molecular complexity index is 1180. The summed E-state index contributed by atoms with van der Waals surface area (Å²) in [5.74, 6) is 0.374. The minimum atomic E-state index is -0.453. The molecule has 1 N–H and O–H groups in total. The lowest BCUT2D eigenvalue weighted by Gasteiger charge is -2.13. The standard InChI is InChI=1S/C21H25N5O3/c1-3-5-11-25-19-18(24(10-4-2)17(14-27)23-19)20(28)26(21(25)29)13-16-9-7-6-8-15(16)12-22/h6-9,27H,3-5,10-11,13-14H2,1-2H3. The number of imidazole rings is 1. The van der Waals surface area contributed by atoms with Crippen molar-refractivity contribution in [2.45, 2.75) is 59.4 Å². The summed E-state index contributed by atoms with van der Waals surface area (Å²) in [6.45, 7) is 4.64. The Morgan fingerprint density at radius 3 is 2.48 bits per heavy atom. The van der Waals surface area contributed by atoms with Crippen LogP contribution in [0.25, 0.3) is 11.2 Å². The number of aliphatic hydroxyl groups excluding tert-OH is 1. The van der Waals surface area contributed by atoms with Gasteiger partial charge in [-0.25, -0.2) is 9.78 Å². The second-order valence-electron chi connectivity index (χ2n) is 6.96. The largest absolute Gasteiger partial charge is 0.388 e. The monoisotopic (exact) mass is 395 g/mol. The van der Waals surface area contributed by atoms with Gasteiger partial charge in [-0.2, -0.15) is 5.26 Å². The number of fused-ring (bicyclic) bond motifs is 1. The van der Waals surface area contributed by atoms with Gasteiger partial charge in [0.05, 0.1) is 18.2 Å². The summed E-state index contributed by atoms with van der Waals surface area (Å²) in [6, 6.07) is 9.05. The van der Waals surface area contributed by atoms with Crippen molar-refractivity contribution in [1.82, 2.24) is 18.7 Å². The van der Waals surface area contributed by atoms with Crippen LogP contribution in [0, 0.1) is 11.3 Å². The lowest BCUT2D eigenvalue weighted by atomic mass is 10.1. The Hall–Kier alpha value is -3.18. The molecule has 0 aliphatic heterocycles. The van der Waals surface area contributed by atoms with Gasteiger partial charge in [-0.15, -0.1) is 0 Å². The summed E-state index contributed by atoms with van der Waals surface area (Å²) in [4.78, 5) is 31.0. The van der Waals surface area contributed by atoms with Crippen molar-refractivity contribution in [3.8, 4) is 6.07 Å². The molecule has 8 nitrogen and oxygen atoms in total. The Labute approximate surface area is 168 Å². The maximum absolute atomic E-state index is 13.3. The van der Waals surface area contributed by atoms with E-state index in [1.807, 2.05) is 13.8 Å². The van der Waals surface area contributed by atoms with Gasteiger partial charge in [0.25, 0.3) is 5.56 Å². The number of benzene rings is 1. The van der Waals surface area contributed by atoms with Crippen molar-refractivity contribution in [2.75, 3.05) is 0 Å².